The predicted molar refractivity (Wildman–Crippen MR) is 122 cm³/mol. The molecule has 31 heavy (non-hydrogen) atoms. The average molecular weight is 439 g/mol. The van der Waals surface area contributed by atoms with Gasteiger partial charge in [0, 0.05) is 17.1 Å². The molecule has 0 heterocycles. The van der Waals surface area contributed by atoms with E-state index in [9.17, 15) is 13.2 Å². The average Bonchev–Trinajstić information content (AvgIpc) is 2.79. The Morgan fingerprint density at radius 1 is 0.903 bits per heavy atom. The summed E-state index contributed by atoms with van der Waals surface area (Å²) >= 11 is 0. The van der Waals surface area contributed by atoms with Gasteiger partial charge in [0.05, 0.1) is 4.90 Å². The van der Waals surface area contributed by atoms with Crippen LogP contribution < -0.4 is 14.8 Å². The standard InChI is InChI=1S/C24H26N2O4S/c27-24(25-23-12-6-8-18-7-4-5-11-22(18)23)17-30-20-13-15-21(16-14-20)31(28,29)26-19-9-2-1-3-10-19/h4-8,11-16,19,26H,1-3,9-10,17H2,(H,25,27). The quantitative estimate of drug-likeness (QED) is 0.570. The van der Waals surface area contributed by atoms with E-state index in [0.29, 0.717) is 5.75 Å². The van der Waals surface area contributed by atoms with Crippen LogP contribution >= 0.6 is 0 Å². The first-order chi connectivity index (χ1) is 15.0. The molecule has 1 amide bonds. The minimum Gasteiger partial charge on any atom is -0.484 e. The molecule has 3 aromatic rings. The number of ether oxygens (including phenoxy) is 1. The van der Waals surface area contributed by atoms with Gasteiger partial charge in [0.2, 0.25) is 10.0 Å². The summed E-state index contributed by atoms with van der Waals surface area (Å²) in [6.45, 7) is -0.171. The maximum absolute atomic E-state index is 12.6. The van der Waals surface area contributed by atoms with Gasteiger partial charge in [0.1, 0.15) is 5.75 Å². The lowest BCUT2D eigenvalue weighted by atomic mass is 9.96. The number of carbonyl (C=O) groups is 1. The highest BCUT2D eigenvalue weighted by Crippen LogP contribution is 2.23. The first-order valence-corrected chi connectivity index (χ1v) is 12.0. The third-order valence-electron chi connectivity index (χ3n) is 5.49. The van der Waals surface area contributed by atoms with Crippen LogP contribution in [0, 0.1) is 0 Å². The van der Waals surface area contributed by atoms with Crippen LogP contribution in [0.2, 0.25) is 0 Å². The van der Waals surface area contributed by atoms with Crippen LogP contribution in [0.4, 0.5) is 5.69 Å². The second kappa shape index (κ2) is 9.49. The Kier molecular flexibility index (Phi) is 6.53. The fourth-order valence-corrected chi connectivity index (χ4v) is 5.20. The number of hydrogen-bond donors (Lipinski definition) is 2. The topological polar surface area (TPSA) is 84.5 Å². The summed E-state index contributed by atoms with van der Waals surface area (Å²) in [7, 11) is -3.55. The van der Waals surface area contributed by atoms with Crippen LogP contribution in [0.15, 0.2) is 71.6 Å². The molecular formula is C24H26N2O4S. The van der Waals surface area contributed by atoms with E-state index < -0.39 is 10.0 Å². The van der Waals surface area contributed by atoms with Crippen LogP contribution in [0.1, 0.15) is 32.1 Å². The number of benzene rings is 3. The number of rotatable bonds is 7. The Labute approximate surface area is 182 Å². The molecule has 0 radical (unpaired) electrons. The fraction of sp³-hybridized carbons (Fsp3) is 0.292. The van der Waals surface area contributed by atoms with E-state index in [-0.39, 0.29) is 23.5 Å². The van der Waals surface area contributed by atoms with Crippen LogP contribution in [0.5, 0.6) is 5.75 Å². The van der Waals surface area contributed by atoms with Crippen molar-refractivity contribution in [2.75, 3.05) is 11.9 Å². The predicted octanol–water partition coefficient (Wildman–Crippen LogP) is 4.47. The Balaban J connectivity index is 1.34. The van der Waals surface area contributed by atoms with Crippen molar-refractivity contribution in [3.05, 3.63) is 66.7 Å². The van der Waals surface area contributed by atoms with Gasteiger partial charge in [0.25, 0.3) is 5.91 Å². The van der Waals surface area contributed by atoms with Gasteiger partial charge in [-0.15, -0.1) is 0 Å². The Hall–Kier alpha value is -2.90. The van der Waals surface area contributed by atoms with Crippen molar-refractivity contribution in [3.8, 4) is 5.75 Å². The first kappa shape index (κ1) is 21.3. The van der Waals surface area contributed by atoms with E-state index in [4.69, 9.17) is 4.74 Å². The number of anilines is 1. The van der Waals surface area contributed by atoms with Crippen molar-refractivity contribution in [1.29, 1.82) is 0 Å². The number of carbonyl (C=O) groups excluding carboxylic acids is 1. The van der Waals surface area contributed by atoms with E-state index in [1.54, 1.807) is 12.1 Å². The Morgan fingerprint density at radius 2 is 1.61 bits per heavy atom. The van der Waals surface area contributed by atoms with Crippen molar-refractivity contribution in [1.82, 2.24) is 4.72 Å². The summed E-state index contributed by atoms with van der Waals surface area (Å²) in [5.74, 6) is 0.150. The van der Waals surface area contributed by atoms with Gasteiger partial charge < -0.3 is 10.1 Å². The maximum atomic E-state index is 12.6. The zero-order valence-electron chi connectivity index (χ0n) is 17.2. The van der Waals surface area contributed by atoms with Crippen LogP contribution in [0.3, 0.4) is 0 Å². The molecule has 0 unspecified atom stereocenters. The van der Waals surface area contributed by atoms with Gasteiger partial charge in [0.15, 0.2) is 6.61 Å². The van der Waals surface area contributed by atoms with E-state index in [1.807, 2.05) is 42.5 Å². The monoisotopic (exact) mass is 438 g/mol. The molecule has 0 spiro atoms. The lowest BCUT2D eigenvalue weighted by molar-refractivity contribution is -0.118. The number of amides is 1. The van der Waals surface area contributed by atoms with Gasteiger partial charge >= 0.3 is 0 Å². The molecule has 2 N–H and O–H groups in total. The van der Waals surface area contributed by atoms with Crippen molar-refractivity contribution in [2.45, 2.75) is 43.0 Å². The minimum absolute atomic E-state index is 0.00689. The molecule has 0 bridgehead atoms. The molecule has 1 aliphatic rings. The highest BCUT2D eigenvalue weighted by Gasteiger charge is 2.21. The number of nitrogens with one attached hydrogen (secondary N) is 2. The van der Waals surface area contributed by atoms with E-state index in [1.165, 1.54) is 18.6 Å². The van der Waals surface area contributed by atoms with Gasteiger partial charge in [-0.1, -0.05) is 55.7 Å². The molecule has 0 saturated heterocycles. The van der Waals surface area contributed by atoms with Crippen LogP contribution in [0.25, 0.3) is 10.8 Å². The lowest BCUT2D eigenvalue weighted by Gasteiger charge is -2.22. The highest BCUT2D eigenvalue weighted by molar-refractivity contribution is 7.89. The molecule has 3 aromatic carbocycles. The molecule has 0 aromatic heterocycles. The molecule has 1 aliphatic carbocycles. The van der Waals surface area contributed by atoms with Gasteiger partial charge in [-0.2, -0.15) is 0 Å². The molecule has 1 fully saturated rings. The Bertz CT molecular complexity index is 1150. The summed E-state index contributed by atoms with van der Waals surface area (Å²) < 4.78 is 33.5. The summed E-state index contributed by atoms with van der Waals surface area (Å²) in [4.78, 5) is 12.5. The van der Waals surface area contributed by atoms with Crippen molar-refractivity contribution >= 4 is 32.4 Å². The van der Waals surface area contributed by atoms with Crippen LogP contribution in [-0.4, -0.2) is 27.0 Å². The summed E-state index contributed by atoms with van der Waals surface area (Å²) in [5, 5.41) is 4.86. The highest BCUT2D eigenvalue weighted by atomic mass is 32.2. The van der Waals surface area contributed by atoms with Gasteiger partial charge in [-0.05, 0) is 48.6 Å². The minimum atomic E-state index is -3.55. The molecule has 0 aliphatic heterocycles. The second-order valence-electron chi connectivity index (χ2n) is 7.79. The van der Waals surface area contributed by atoms with Crippen LogP contribution in [-0.2, 0) is 14.8 Å². The maximum Gasteiger partial charge on any atom is 0.262 e. The van der Waals surface area contributed by atoms with Gasteiger partial charge in [-0.25, -0.2) is 13.1 Å². The zero-order chi connectivity index (χ0) is 21.7. The van der Waals surface area contributed by atoms with E-state index >= 15 is 0 Å². The van der Waals surface area contributed by atoms with Crippen molar-refractivity contribution in [2.24, 2.45) is 0 Å². The summed E-state index contributed by atoms with van der Waals surface area (Å²) in [5.41, 5.74) is 0.724. The fourth-order valence-electron chi connectivity index (χ4n) is 3.89. The normalized spacial score (nSPS) is 15.0. The second-order valence-corrected chi connectivity index (χ2v) is 9.51. The third kappa shape index (κ3) is 5.42. The van der Waals surface area contributed by atoms with Crippen molar-refractivity contribution < 1.29 is 17.9 Å². The van der Waals surface area contributed by atoms with E-state index in [0.717, 1.165) is 42.1 Å². The number of sulfonamides is 1. The largest absolute Gasteiger partial charge is 0.484 e. The first-order valence-electron chi connectivity index (χ1n) is 10.5. The molecule has 0 atom stereocenters. The SMILES string of the molecule is O=C(COc1ccc(S(=O)(=O)NC2CCCCC2)cc1)Nc1cccc2ccccc12. The Morgan fingerprint density at radius 3 is 2.39 bits per heavy atom. The molecule has 7 heteroatoms. The summed E-state index contributed by atoms with van der Waals surface area (Å²) in [6, 6.07) is 19.7. The number of hydrogen-bond acceptors (Lipinski definition) is 4. The molecular weight excluding hydrogens is 412 g/mol. The summed E-state index contributed by atoms with van der Waals surface area (Å²) in [6.07, 6.45) is 5.04. The molecule has 1 saturated carbocycles. The molecule has 6 nitrogen and oxygen atoms in total. The van der Waals surface area contributed by atoms with E-state index in [2.05, 4.69) is 10.0 Å². The zero-order valence-corrected chi connectivity index (χ0v) is 18.0. The smallest absolute Gasteiger partial charge is 0.262 e. The molecule has 4 rings (SSSR count). The number of fused-ring (bicyclic) bond motifs is 1. The lowest BCUT2D eigenvalue weighted by Crippen LogP contribution is -2.36. The molecule has 162 valence electrons. The van der Waals surface area contributed by atoms with Crippen molar-refractivity contribution in [3.63, 3.8) is 0 Å². The van der Waals surface area contributed by atoms with Gasteiger partial charge in [-0.3, -0.25) is 4.79 Å². The third-order valence-corrected chi connectivity index (χ3v) is 7.03.